The standard InChI is InChI=1S/C15H19NO4S/c1-10(21-11-5-3-2-4-6-11)9-16-14(17)12-7-8-13(20-12)15(18)19/h2-6,10,12-13H,7-9H2,1H3,(H,16,17)(H,18,19)/t10?,12-,13+/m0/s1. The molecule has 0 aliphatic carbocycles. The van der Waals surface area contributed by atoms with E-state index in [-0.39, 0.29) is 11.2 Å². The van der Waals surface area contributed by atoms with Gasteiger partial charge in [-0.2, -0.15) is 0 Å². The molecule has 0 saturated carbocycles. The Bertz CT molecular complexity index is 494. The van der Waals surface area contributed by atoms with Crippen molar-refractivity contribution in [3.8, 4) is 0 Å². The number of carboxylic acid groups (broad SMARTS) is 1. The molecule has 5 nitrogen and oxygen atoms in total. The minimum absolute atomic E-state index is 0.223. The first-order chi connectivity index (χ1) is 10.1. The maximum absolute atomic E-state index is 11.9. The lowest BCUT2D eigenvalue weighted by molar-refractivity contribution is -0.151. The summed E-state index contributed by atoms with van der Waals surface area (Å²) in [5.74, 6) is -1.22. The second-order valence-electron chi connectivity index (χ2n) is 5.02. The highest BCUT2D eigenvalue weighted by molar-refractivity contribution is 8.00. The van der Waals surface area contributed by atoms with Crippen molar-refractivity contribution < 1.29 is 19.4 Å². The van der Waals surface area contributed by atoms with Crippen molar-refractivity contribution in [2.45, 2.75) is 42.1 Å². The number of hydrogen-bond donors (Lipinski definition) is 2. The van der Waals surface area contributed by atoms with Gasteiger partial charge in [-0.25, -0.2) is 4.79 Å². The molecule has 1 amide bonds. The molecule has 114 valence electrons. The van der Waals surface area contributed by atoms with Crippen LogP contribution in [0.4, 0.5) is 0 Å². The number of amides is 1. The predicted octanol–water partition coefficient (Wildman–Crippen LogP) is 1.92. The first kappa shape index (κ1) is 15.9. The van der Waals surface area contributed by atoms with E-state index in [1.807, 2.05) is 37.3 Å². The minimum atomic E-state index is -1.00. The van der Waals surface area contributed by atoms with Gasteiger partial charge in [-0.05, 0) is 25.0 Å². The van der Waals surface area contributed by atoms with Crippen LogP contribution in [0.1, 0.15) is 19.8 Å². The van der Waals surface area contributed by atoms with Gasteiger partial charge in [-0.3, -0.25) is 4.79 Å². The zero-order chi connectivity index (χ0) is 15.2. The molecule has 1 fully saturated rings. The summed E-state index contributed by atoms with van der Waals surface area (Å²) >= 11 is 1.68. The lowest BCUT2D eigenvalue weighted by atomic mass is 10.2. The van der Waals surface area contributed by atoms with Gasteiger partial charge in [0.25, 0.3) is 0 Å². The Hall–Kier alpha value is -1.53. The van der Waals surface area contributed by atoms with Crippen molar-refractivity contribution in [2.24, 2.45) is 0 Å². The fraction of sp³-hybridized carbons (Fsp3) is 0.467. The van der Waals surface area contributed by atoms with E-state index in [9.17, 15) is 9.59 Å². The lowest BCUT2D eigenvalue weighted by Gasteiger charge is -2.15. The van der Waals surface area contributed by atoms with Gasteiger partial charge < -0.3 is 15.2 Å². The summed E-state index contributed by atoms with van der Waals surface area (Å²) in [5, 5.41) is 11.9. The van der Waals surface area contributed by atoms with E-state index in [0.29, 0.717) is 19.4 Å². The Kier molecular flexibility index (Phi) is 5.64. The molecule has 1 aliphatic rings. The van der Waals surface area contributed by atoms with E-state index in [1.54, 1.807) is 11.8 Å². The van der Waals surface area contributed by atoms with Crippen LogP contribution >= 0.6 is 11.8 Å². The third-order valence-corrected chi connectivity index (χ3v) is 4.35. The number of carboxylic acids is 1. The molecule has 1 saturated heterocycles. The average Bonchev–Trinajstić information content (AvgIpc) is 2.96. The van der Waals surface area contributed by atoms with E-state index >= 15 is 0 Å². The molecule has 6 heteroatoms. The molecule has 0 radical (unpaired) electrons. The highest BCUT2D eigenvalue weighted by Crippen LogP contribution is 2.23. The second-order valence-corrected chi connectivity index (χ2v) is 6.53. The highest BCUT2D eigenvalue weighted by Gasteiger charge is 2.34. The summed E-state index contributed by atoms with van der Waals surface area (Å²) in [6, 6.07) is 9.98. The zero-order valence-electron chi connectivity index (χ0n) is 11.8. The Morgan fingerprint density at radius 1 is 1.33 bits per heavy atom. The first-order valence-electron chi connectivity index (χ1n) is 6.94. The SMILES string of the molecule is CC(CNC(=O)[C@@H]1CC[C@H](C(=O)O)O1)Sc1ccccc1. The van der Waals surface area contributed by atoms with E-state index in [0.717, 1.165) is 4.90 Å². The molecule has 1 aliphatic heterocycles. The van der Waals surface area contributed by atoms with E-state index in [1.165, 1.54) is 0 Å². The fourth-order valence-electron chi connectivity index (χ4n) is 2.14. The van der Waals surface area contributed by atoms with Crippen LogP contribution in [-0.2, 0) is 14.3 Å². The van der Waals surface area contributed by atoms with E-state index < -0.39 is 18.2 Å². The quantitative estimate of drug-likeness (QED) is 0.785. The molecular formula is C15H19NO4S. The van der Waals surface area contributed by atoms with Crippen molar-refractivity contribution >= 4 is 23.6 Å². The fourth-order valence-corrected chi connectivity index (χ4v) is 3.09. The second kappa shape index (κ2) is 7.47. The molecule has 1 unspecified atom stereocenters. The summed E-state index contributed by atoms with van der Waals surface area (Å²) in [7, 11) is 0. The normalized spacial score (nSPS) is 22.7. The molecule has 0 spiro atoms. The van der Waals surface area contributed by atoms with Crippen molar-refractivity contribution in [3.05, 3.63) is 30.3 Å². The Morgan fingerprint density at radius 2 is 2.00 bits per heavy atom. The van der Waals surface area contributed by atoms with Crippen molar-refractivity contribution in [1.82, 2.24) is 5.32 Å². The molecule has 2 N–H and O–H groups in total. The van der Waals surface area contributed by atoms with Crippen molar-refractivity contribution in [1.29, 1.82) is 0 Å². The third-order valence-electron chi connectivity index (χ3n) is 3.23. The third kappa shape index (κ3) is 4.75. The highest BCUT2D eigenvalue weighted by atomic mass is 32.2. The van der Waals surface area contributed by atoms with E-state index in [2.05, 4.69) is 5.32 Å². The number of benzene rings is 1. The van der Waals surface area contributed by atoms with Crippen LogP contribution in [-0.4, -0.2) is 41.0 Å². The molecule has 1 heterocycles. The van der Waals surface area contributed by atoms with Crippen LogP contribution < -0.4 is 5.32 Å². The van der Waals surface area contributed by atoms with Crippen LogP contribution in [0.2, 0.25) is 0 Å². The van der Waals surface area contributed by atoms with Gasteiger partial charge in [-0.1, -0.05) is 25.1 Å². The smallest absolute Gasteiger partial charge is 0.332 e. The first-order valence-corrected chi connectivity index (χ1v) is 7.82. The van der Waals surface area contributed by atoms with Gasteiger partial charge in [0.1, 0.15) is 6.10 Å². The van der Waals surface area contributed by atoms with Crippen molar-refractivity contribution in [3.63, 3.8) is 0 Å². The summed E-state index contributed by atoms with van der Waals surface area (Å²) in [6.45, 7) is 2.56. The van der Waals surface area contributed by atoms with Crippen LogP contribution in [0, 0.1) is 0 Å². The molecule has 0 bridgehead atoms. The Balaban J connectivity index is 1.73. The van der Waals surface area contributed by atoms with Gasteiger partial charge in [-0.15, -0.1) is 11.8 Å². The summed E-state index contributed by atoms with van der Waals surface area (Å²) < 4.78 is 5.22. The Labute approximate surface area is 128 Å². The molecule has 21 heavy (non-hydrogen) atoms. The number of ether oxygens (including phenoxy) is 1. The number of aliphatic carboxylic acids is 1. The van der Waals surface area contributed by atoms with Gasteiger partial charge in [0.05, 0.1) is 0 Å². The molecule has 0 aromatic heterocycles. The Morgan fingerprint density at radius 3 is 2.62 bits per heavy atom. The minimum Gasteiger partial charge on any atom is -0.479 e. The number of carbonyl (C=O) groups is 2. The molecule has 2 rings (SSSR count). The van der Waals surface area contributed by atoms with Crippen molar-refractivity contribution in [2.75, 3.05) is 6.54 Å². The van der Waals surface area contributed by atoms with Crippen LogP contribution in [0.25, 0.3) is 0 Å². The number of rotatable bonds is 6. The zero-order valence-corrected chi connectivity index (χ0v) is 12.6. The van der Waals surface area contributed by atoms with Crippen LogP contribution in [0.15, 0.2) is 35.2 Å². The number of thioether (sulfide) groups is 1. The lowest BCUT2D eigenvalue weighted by Crippen LogP contribution is -2.38. The maximum Gasteiger partial charge on any atom is 0.332 e. The molecular weight excluding hydrogens is 290 g/mol. The molecule has 1 aromatic carbocycles. The maximum atomic E-state index is 11.9. The monoisotopic (exact) mass is 309 g/mol. The van der Waals surface area contributed by atoms with Gasteiger partial charge in [0, 0.05) is 16.7 Å². The number of nitrogens with one attached hydrogen (secondary N) is 1. The summed E-state index contributed by atoms with van der Waals surface area (Å²) in [5.41, 5.74) is 0. The van der Waals surface area contributed by atoms with Crippen LogP contribution in [0.3, 0.4) is 0 Å². The van der Waals surface area contributed by atoms with Gasteiger partial charge >= 0.3 is 5.97 Å². The predicted molar refractivity (Wildman–Crippen MR) is 80.3 cm³/mol. The van der Waals surface area contributed by atoms with Gasteiger partial charge in [0.2, 0.25) is 5.91 Å². The average molecular weight is 309 g/mol. The topological polar surface area (TPSA) is 75.6 Å². The molecule has 3 atom stereocenters. The number of carbonyl (C=O) groups excluding carboxylic acids is 1. The molecule has 1 aromatic rings. The summed E-state index contributed by atoms with van der Waals surface area (Å²) in [4.78, 5) is 23.9. The van der Waals surface area contributed by atoms with Crippen LogP contribution in [0.5, 0.6) is 0 Å². The number of hydrogen-bond acceptors (Lipinski definition) is 4. The largest absolute Gasteiger partial charge is 0.479 e. The van der Waals surface area contributed by atoms with Gasteiger partial charge in [0.15, 0.2) is 6.10 Å². The summed E-state index contributed by atoms with van der Waals surface area (Å²) in [6.07, 6.45) is -0.637. The van der Waals surface area contributed by atoms with E-state index in [4.69, 9.17) is 9.84 Å².